The van der Waals surface area contributed by atoms with Crippen LogP contribution in [0.2, 0.25) is 0 Å². The summed E-state index contributed by atoms with van der Waals surface area (Å²) in [7, 11) is 0. The first-order valence-electron chi connectivity index (χ1n) is 8.43. The zero-order valence-electron chi connectivity index (χ0n) is 13.8. The molecule has 1 aliphatic carbocycles. The van der Waals surface area contributed by atoms with Crippen LogP contribution in [0.4, 0.5) is 0 Å². The van der Waals surface area contributed by atoms with Gasteiger partial charge < -0.3 is 9.15 Å². The smallest absolute Gasteiger partial charge is 0.159 e. The van der Waals surface area contributed by atoms with Crippen molar-refractivity contribution in [3.63, 3.8) is 0 Å². The number of allylic oxidation sites excluding steroid dienone is 1. The number of benzene rings is 2. The number of rotatable bonds is 3. The monoisotopic (exact) mass is 330 g/mol. The van der Waals surface area contributed by atoms with E-state index < -0.39 is 0 Å². The molecule has 3 heteroatoms. The van der Waals surface area contributed by atoms with Gasteiger partial charge in [0.2, 0.25) is 0 Å². The standard InChI is InChI=1S/C22H18O3/c23-19-6-4-5-16-9-10-17(18-11-12-24-15-18)13-21(16)22(14-19)25-20-7-2-1-3-8-20/h1-3,7-15H,4-6H2. The molecule has 0 atom stereocenters. The van der Waals surface area contributed by atoms with Gasteiger partial charge in [0.05, 0.1) is 12.5 Å². The van der Waals surface area contributed by atoms with Gasteiger partial charge in [-0.15, -0.1) is 0 Å². The van der Waals surface area contributed by atoms with E-state index in [1.54, 1.807) is 18.6 Å². The maximum Gasteiger partial charge on any atom is 0.159 e. The fourth-order valence-electron chi connectivity index (χ4n) is 3.08. The van der Waals surface area contributed by atoms with Crippen molar-refractivity contribution in [3.05, 3.63) is 84.3 Å². The number of carbonyl (C=O) groups is 1. The first-order valence-corrected chi connectivity index (χ1v) is 8.43. The zero-order valence-corrected chi connectivity index (χ0v) is 13.8. The maximum absolute atomic E-state index is 12.2. The molecule has 0 saturated heterocycles. The highest BCUT2D eigenvalue weighted by Crippen LogP contribution is 2.31. The molecule has 25 heavy (non-hydrogen) atoms. The summed E-state index contributed by atoms with van der Waals surface area (Å²) in [5.41, 5.74) is 4.22. The van der Waals surface area contributed by atoms with Crippen molar-refractivity contribution in [3.8, 4) is 16.9 Å². The Labute approximate surface area is 146 Å². The lowest BCUT2D eigenvalue weighted by molar-refractivity contribution is -0.114. The van der Waals surface area contributed by atoms with E-state index in [1.165, 1.54) is 5.56 Å². The highest BCUT2D eigenvalue weighted by atomic mass is 16.5. The summed E-state index contributed by atoms with van der Waals surface area (Å²) < 4.78 is 11.3. The molecule has 0 fully saturated rings. The first kappa shape index (κ1) is 15.5. The topological polar surface area (TPSA) is 39.4 Å². The Morgan fingerprint density at radius 1 is 0.920 bits per heavy atom. The van der Waals surface area contributed by atoms with Gasteiger partial charge in [0.25, 0.3) is 0 Å². The Bertz CT molecular complexity index is 906. The largest absolute Gasteiger partial charge is 0.472 e. The number of furan rings is 1. The fourth-order valence-corrected chi connectivity index (χ4v) is 3.08. The highest BCUT2D eigenvalue weighted by molar-refractivity contribution is 5.96. The molecule has 0 spiro atoms. The van der Waals surface area contributed by atoms with E-state index in [1.807, 2.05) is 36.4 Å². The summed E-state index contributed by atoms with van der Waals surface area (Å²) in [6.07, 6.45) is 7.27. The van der Waals surface area contributed by atoms with E-state index in [-0.39, 0.29) is 5.78 Å². The fraction of sp³-hybridized carbons (Fsp3) is 0.136. The lowest BCUT2D eigenvalue weighted by Crippen LogP contribution is -2.07. The van der Waals surface area contributed by atoms with Gasteiger partial charge in [-0.3, -0.25) is 4.79 Å². The van der Waals surface area contributed by atoms with Gasteiger partial charge >= 0.3 is 0 Å². The molecule has 0 N–H and O–H groups in total. The summed E-state index contributed by atoms with van der Waals surface area (Å²) in [5, 5.41) is 0. The van der Waals surface area contributed by atoms with E-state index >= 15 is 0 Å². The minimum Gasteiger partial charge on any atom is -0.472 e. The maximum atomic E-state index is 12.2. The summed E-state index contributed by atoms with van der Waals surface area (Å²) in [6, 6.07) is 17.8. The van der Waals surface area contributed by atoms with Gasteiger partial charge in [0.1, 0.15) is 11.5 Å². The quantitative estimate of drug-likeness (QED) is 0.656. The highest BCUT2D eigenvalue weighted by Gasteiger charge is 2.17. The molecule has 3 aromatic rings. The van der Waals surface area contributed by atoms with Crippen molar-refractivity contribution in [1.29, 1.82) is 0 Å². The van der Waals surface area contributed by atoms with Crippen LogP contribution >= 0.6 is 0 Å². The molecule has 4 rings (SSSR count). The Hall–Kier alpha value is -3.07. The first-order chi connectivity index (χ1) is 12.3. The van der Waals surface area contributed by atoms with Crippen molar-refractivity contribution >= 4 is 11.5 Å². The second-order valence-electron chi connectivity index (χ2n) is 6.13. The van der Waals surface area contributed by atoms with Crippen LogP contribution in [0.3, 0.4) is 0 Å². The van der Waals surface area contributed by atoms with E-state index in [4.69, 9.17) is 9.15 Å². The van der Waals surface area contributed by atoms with Crippen LogP contribution in [0.15, 0.2) is 77.6 Å². The molecule has 0 amide bonds. The van der Waals surface area contributed by atoms with Crippen molar-refractivity contribution in [1.82, 2.24) is 0 Å². The Morgan fingerprint density at radius 2 is 1.80 bits per heavy atom. The molecule has 0 saturated carbocycles. The van der Waals surface area contributed by atoms with Crippen molar-refractivity contribution < 1.29 is 13.9 Å². The number of aryl methyl sites for hydroxylation is 1. The third kappa shape index (κ3) is 3.41. The van der Waals surface area contributed by atoms with Crippen LogP contribution in [0.1, 0.15) is 24.0 Å². The second-order valence-corrected chi connectivity index (χ2v) is 6.13. The number of hydrogen-bond acceptors (Lipinski definition) is 3. The third-order valence-corrected chi connectivity index (χ3v) is 4.36. The molecular weight excluding hydrogens is 312 g/mol. The lowest BCUT2D eigenvalue weighted by atomic mass is 9.93. The van der Waals surface area contributed by atoms with Gasteiger partial charge in [-0.1, -0.05) is 30.3 Å². The van der Waals surface area contributed by atoms with Gasteiger partial charge in [-0.25, -0.2) is 0 Å². The van der Waals surface area contributed by atoms with E-state index in [9.17, 15) is 4.79 Å². The Balaban J connectivity index is 1.80. The average Bonchev–Trinajstić information content (AvgIpc) is 3.16. The van der Waals surface area contributed by atoms with Gasteiger partial charge in [0, 0.05) is 23.6 Å². The summed E-state index contributed by atoms with van der Waals surface area (Å²) in [5.74, 6) is 1.43. The van der Waals surface area contributed by atoms with Crippen LogP contribution in [0.25, 0.3) is 16.9 Å². The molecule has 124 valence electrons. The Kier molecular flexibility index (Phi) is 4.21. The minimum atomic E-state index is 0.102. The molecule has 0 aliphatic heterocycles. The number of carbonyl (C=O) groups excluding carboxylic acids is 1. The van der Waals surface area contributed by atoms with Crippen LogP contribution in [-0.2, 0) is 11.2 Å². The molecular formula is C22H18O3. The van der Waals surface area contributed by atoms with Crippen molar-refractivity contribution in [2.24, 2.45) is 0 Å². The number of hydrogen-bond donors (Lipinski definition) is 0. The average molecular weight is 330 g/mol. The van der Waals surface area contributed by atoms with Gasteiger partial charge in [0.15, 0.2) is 5.78 Å². The second kappa shape index (κ2) is 6.81. The molecule has 1 heterocycles. The number of para-hydroxylation sites is 1. The number of ketones is 1. The molecule has 1 aromatic heterocycles. The third-order valence-electron chi connectivity index (χ3n) is 4.36. The molecule has 0 radical (unpaired) electrons. The SMILES string of the molecule is O=C1C=C(Oc2ccccc2)c2cc(-c3ccoc3)ccc2CCC1. The van der Waals surface area contributed by atoms with Crippen molar-refractivity contribution in [2.75, 3.05) is 0 Å². The van der Waals surface area contributed by atoms with E-state index in [2.05, 4.69) is 18.2 Å². The van der Waals surface area contributed by atoms with Crippen LogP contribution < -0.4 is 4.74 Å². The lowest BCUT2D eigenvalue weighted by Gasteiger charge is -2.17. The molecule has 0 bridgehead atoms. The normalized spacial score (nSPS) is 14.2. The Morgan fingerprint density at radius 3 is 2.60 bits per heavy atom. The molecule has 1 aliphatic rings. The number of ether oxygens (including phenoxy) is 1. The molecule has 2 aromatic carbocycles. The van der Waals surface area contributed by atoms with Crippen LogP contribution in [0.5, 0.6) is 5.75 Å². The summed E-state index contributed by atoms with van der Waals surface area (Å²) in [6.45, 7) is 0. The predicted molar refractivity (Wildman–Crippen MR) is 97.1 cm³/mol. The number of fused-ring (bicyclic) bond motifs is 1. The minimum absolute atomic E-state index is 0.102. The molecule has 0 unspecified atom stereocenters. The van der Waals surface area contributed by atoms with E-state index in [0.717, 1.165) is 35.3 Å². The zero-order chi connectivity index (χ0) is 17.1. The summed E-state index contributed by atoms with van der Waals surface area (Å²) >= 11 is 0. The van der Waals surface area contributed by atoms with Crippen LogP contribution in [0, 0.1) is 0 Å². The van der Waals surface area contributed by atoms with Crippen molar-refractivity contribution in [2.45, 2.75) is 19.3 Å². The molecule has 3 nitrogen and oxygen atoms in total. The van der Waals surface area contributed by atoms with Gasteiger partial charge in [-0.2, -0.15) is 0 Å². The predicted octanol–water partition coefficient (Wildman–Crippen LogP) is 5.27. The summed E-state index contributed by atoms with van der Waals surface area (Å²) in [4.78, 5) is 12.2. The van der Waals surface area contributed by atoms with E-state index in [0.29, 0.717) is 12.2 Å². The van der Waals surface area contributed by atoms with Crippen LogP contribution in [-0.4, -0.2) is 5.78 Å². The van der Waals surface area contributed by atoms with Gasteiger partial charge in [-0.05, 0) is 48.2 Å².